The second-order valence-corrected chi connectivity index (χ2v) is 7.21. The number of ether oxygens (including phenoxy) is 1. The lowest BCUT2D eigenvalue weighted by Gasteiger charge is -2.29. The number of hydrogen-bond acceptors (Lipinski definition) is 5. The molecule has 1 heterocycles. The van der Waals surface area contributed by atoms with Gasteiger partial charge in [-0.3, -0.25) is 9.59 Å². The van der Waals surface area contributed by atoms with Crippen molar-refractivity contribution in [2.24, 2.45) is 5.92 Å². The second kappa shape index (κ2) is 9.30. The number of carbonyl (C=O) groups excluding carboxylic acids is 2. The fraction of sp³-hybridized carbons (Fsp3) is 0.429. The third-order valence-electron chi connectivity index (χ3n) is 5.04. The Bertz CT molecular complexity index is 879. The summed E-state index contributed by atoms with van der Waals surface area (Å²) in [6.07, 6.45) is 4.33. The van der Waals surface area contributed by atoms with Crippen LogP contribution in [0.2, 0.25) is 0 Å². The summed E-state index contributed by atoms with van der Waals surface area (Å²) in [5, 5.41) is 7.01. The first-order chi connectivity index (χ1) is 13.5. The summed E-state index contributed by atoms with van der Waals surface area (Å²) in [6, 6.07) is 12.1. The van der Waals surface area contributed by atoms with Crippen molar-refractivity contribution in [3.8, 4) is 0 Å². The summed E-state index contributed by atoms with van der Waals surface area (Å²) in [4.78, 5) is 36.3. The first-order valence-electron chi connectivity index (χ1n) is 9.61. The van der Waals surface area contributed by atoms with E-state index in [4.69, 9.17) is 4.74 Å². The van der Waals surface area contributed by atoms with Gasteiger partial charge in [0.05, 0.1) is 6.54 Å². The highest BCUT2D eigenvalue weighted by Gasteiger charge is 2.23. The molecule has 1 aliphatic rings. The molecule has 28 heavy (non-hydrogen) atoms. The van der Waals surface area contributed by atoms with Gasteiger partial charge in [0.1, 0.15) is 0 Å². The van der Waals surface area contributed by atoms with E-state index >= 15 is 0 Å². The molecule has 1 aromatic carbocycles. The maximum Gasteiger partial charge on any atom is 0.359 e. The van der Waals surface area contributed by atoms with E-state index in [1.165, 1.54) is 23.2 Å². The zero-order valence-corrected chi connectivity index (χ0v) is 16.0. The predicted octanol–water partition coefficient (Wildman–Crippen LogP) is 2.14. The number of rotatable bonds is 6. The highest BCUT2D eigenvalue weighted by atomic mass is 16.5. The average Bonchev–Trinajstić information content (AvgIpc) is 2.70. The van der Waals surface area contributed by atoms with Crippen molar-refractivity contribution < 1.29 is 14.3 Å². The lowest BCUT2D eigenvalue weighted by atomic mass is 9.86. The van der Waals surface area contributed by atoms with Crippen LogP contribution < -0.4 is 10.9 Å². The average molecular weight is 383 g/mol. The van der Waals surface area contributed by atoms with Crippen LogP contribution in [-0.2, 0) is 16.1 Å². The van der Waals surface area contributed by atoms with Crippen molar-refractivity contribution >= 4 is 11.9 Å². The molecule has 0 aliphatic heterocycles. The van der Waals surface area contributed by atoms with Crippen LogP contribution in [0.15, 0.2) is 47.3 Å². The third kappa shape index (κ3) is 5.28. The minimum absolute atomic E-state index is 0.00522. The molecule has 3 rings (SSSR count). The molecule has 1 aromatic heterocycles. The summed E-state index contributed by atoms with van der Waals surface area (Å²) in [5.74, 6) is -0.616. The SMILES string of the molecule is C[C@H]1CCCC[C@@H]1NC(=O)COC(=O)c1ccc(=O)n(Cc2ccccc2)n1. The Morgan fingerprint density at radius 3 is 2.64 bits per heavy atom. The highest BCUT2D eigenvalue weighted by Crippen LogP contribution is 2.23. The molecule has 0 radical (unpaired) electrons. The van der Waals surface area contributed by atoms with Gasteiger partial charge in [-0.05, 0) is 30.4 Å². The molecule has 7 heteroatoms. The van der Waals surface area contributed by atoms with Gasteiger partial charge in [-0.1, -0.05) is 50.1 Å². The first-order valence-corrected chi connectivity index (χ1v) is 9.61. The minimum Gasteiger partial charge on any atom is -0.451 e. The van der Waals surface area contributed by atoms with Crippen LogP contribution in [0.5, 0.6) is 0 Å². The van der Waals surface area contributed by atoms with E-state index in [1.807, 2.05) is 30.3 Å². The Hall–Kier alpha value is -2.96. The molecular weight excluding hydrogens is 358 g/mol. The molecule has 0 saturated heterocycles. The Morgan fingerprint density at radius 1 is 1.14 bits per heavy atom. The Balaban J connectivity index is 1.57. The topological polar surface area (TPSA) is 90.3 Å². The number of aromatic nitrogens is 2. The van der Waals surface area contributed by atoms with Gasteiger partial charge in [-0.2, -0.15) is 5.10 Å². The predicted molar refractivity (Wildman–Crippen MR) is 104 cm³/mol. The largest absolute Gasteiger partial charge is 0.451 e. The van der Waals surface area contributed by atoms with Crippen molar-refractivity contribution in [3.63, 3.8) is 0 Å². The zero-order chi connectivity index (χ0) is 19.9. The standard InChI is InChI=1S/C21H25N3O4/c1-15-7-5-6-10-17(15)22-19(25)14-28-21(27)18-11-12-20(26)24(23-18)13-16-8-3-2-4-9-16/h2-4,8-9,11-12,15,17H,5-7,10,13-14H2,1H3,(H,22,25)/t15-,17-/m0/s1. The third-order valence-corrected chi connectivity index (χ3v) is 5.04. The van der Waals surface area contributed by atoms with Crippen molar-refractivity contribution in [1.82, 2.24) is 15.1 Å². The molecule has 0 bridgehead atoms. The van der Waals surface area contributed by atoms with E-state index in [2.05, 4.69) is 17.3 Å². The Morgan fingerprint density at radius 2 is 1.89 bits per heavy atom. The molecule has 0 unspecified atom stereocenters. The number of amides is 1. The van der Waals surface area contributed by atoms with E-state index in [0.717, 1.165) is 24.8 Å². The molecule has 2 atom stereocenters. The monoisotopic (exact) mass is 383 g/mol. The number of hydrogen-bond donors (Lipinski definition) is 1. The fourth-order valence-corrected chi connectivity index (χ4v) is 3.41. The molecule has 2 aromatic rings. The fourth-order valence-electron chi connectivity index (χ4n) is 3.41. The normalized spacial score (nSPS) is 19.0. The van der Waals surface area contributed by atoms with Gasteiger partial charge in [-0.15, -0.1) is 0 Å². The van der Waals surface area contributed by atoms with Gasteiger partial charge in [0.25, 0.3) is 11.5 Å². The zero-order valence-electron chi connectivity index (χ0n) is 16.0. The molecule has 1 fully saturated rings. The van der Waals surface area contributed by atoms with Crippen molar-refractivity contribution in [1.29, 1.82) is 0 Å². The van der Waals surface area contributed by atoms with Gasteiger partial charge in [-0.25, -0.2) is 9.48 Å². The van der Waals surface area contributed by atoms with E-state index in [0.29, 0.717) is 5.92 Å². The number of benzene rings is 1. The highest BCUT2D eigenvalue weighted by molar-refractivity contribution is 5.89. The van der Waals surface area contributed by atoms with Crippen LogP contribution in [0.4, 0.5) is 0 Å². The van der Waals surface area contributed by atoms with Crippen LogP contribution in [0.1, 0.15) is 48.7 Å². The maximum absolute atomic E-state index is 12.2. The Labute approximate surface area is 163 Å². The lowest BCUT2D eigenvalue weighted by Crippen LogP contribution is -2.43. The summed E-state index contributed by atoms with van der Waals surface area (Å²) in [7, 11) is 0. The van der Waals surface area contributed by atoms with E-state index < -0.39 is 5.97 Å². The molecular formula is C21H25N3O4. The van der Waals surface area contributed by atoms with Crippen molar-refractivity contribution in [2.75, 3.05) is 6.61 Å². The summed E-state index contributed by atoms with van der Waals surface area (Å²) in [5.41, 5.74) is 0.572. The number of esters is 1. The molecule has 1 aliphatic carbocycles. The van der Waals surface area contributed by atoms with Gasteiger partial charge in [0.2, 0.25) is 0 Å². The number of carbonyl (C=O) groups is 2. The van der Waals surface area contributed by atoms with E-state index in [1.54, 1.807) is 0 Å². The van der Waals surface area contributed by atoms with Crippen LogP contribution in [0.25, 0.3) is 0 Å². The summed E-state index contributed by atoms with van der Waals surface area (Å²) >= 11 is 0. The van der Waals surface area contributed by atoms with Crippen LogP contribution in [0.3, 0.4) is 0 Å². The van der Waals surface area contributed by atoms with E-state index in [9.17, 15) is 14.4 Å². The summed E-state index contributed by atoms with van der Waals surface area (Å²) < 4.78 is 6.29. The number of nitrogens with one attached hydrogen (secondary N) is 1. The molecule has 1 amide bonds. The van der Waals surface area contributed by atoms with Gasteiger partial charge in [0, 0.05) is 12.1 Å². The molecule has 0 spiro atoms. The minimum atomic E-state index is -0.728. The quantitative estimate of drug-likeness (QED) is 0.772. The van der Waals surface area contributed by atoms with Gasteiger partial charge < -0.3 is 10.1 Å². The Kier molecular flexibility index (Phi) is 6.57. The van der Waals surface area contributed by atoms with Gasteiger partial charge >= 0.3 is 5.97 Å². The van der Waals surface area contributed by atoms with Gasteiger partial charge in [0.15, 0.2) is 12.3 Å². The van der Waals surface area contributed by atoms with Crippen molar-refractivity contribution in [2.45, 2.75) is 45.2 Å². The van der Waals surface area contributed by atoms with Crippen molar-refractivity contribution in [3.05, 3.63) is 64.1 Å². The second-order valence-electron chi connectivity index (χ2n) is 7.21. The first kappa shape index (κ1) is 19.8. The molecule has 1 N–H and O–H groups in total. The molecule has 148 valence electrons. The van der Waals surface area contributed by atoms with Crippen LogP contribution in [-0.4, -0.2) is 34.3 Å². The smallest absolute Gasteiger partial charge is 0.359 e. The lowest BCUT2D eigenvalue weighted by molar-refractivity contribution is -0.125. The van der Waals surface area contributed by atoms with Crippen LogP contribution >= 0.6 is 0 Å². The van der Waals surface area contributed by atoms with E-state index in [-0.39, 0.29) is 36.4 Å². The molecule has 7 nitrogen and oxygen atoms in total. The summed E-state index contributed by atoms with van der Waals surface area (Å²) in [6.45, 7) is 2.01. The van der Waals surface area contributed by atoms with Crippen LogP contribution in [0, 0.1) is 5.92 Å². The maximum atomic E-state index is 12.2. The molecule has 1 saturated carbocycles. The number of nitrogens with zero attached hydrogens (tertiary/aromatic N) is 2.